The highest BCUT2D eigenvalue weighted by atomic mass is 16.5. The number of aliphatic carboxylic acids is 1. The minimum atomic E-state index is -0.825. The highest BCUT2D eigenvalue weighted by Gasteiger charge is 2.13. The zero-order valence-electron chi connectivity index (χ0n) is 19.0. The number of aryl methyl sites for hydroxylation is 1. The molecule has 5 rings (SSSR count). The van der Waals surface area contributed by atoms with Gasteiger partial charge in [0.15, 0.2) is 5.58 Å². The van der Waals surface area contributed by atoms with Crippen LogP contribution in [-0.2, 0) is 24.1 Å². The number of hydrogen-bond donors (Lipinski definition) is 2. The van der Waals surface area contributed by atoms with Gasteiger partial charge in [-0.25, -0.2) is 0 Å². The van der Waals surface area contributed by atoms with Gasteiger partial charge in [-0.05, 0) is 71.5 Å². The number of para-hydroxylation sites is 1. The zero-order valence-corrected chi connectivity index (χ0v) is 19.0. The Hall–Kier alpha value is -4.06. The third kappa shape index (κ3) is 4.53. The molecule has 0 fully saturated rings. The van der Waals surface area contributed by atoms with Gasteiger partial charge in [-0.3, -0.25) is 4.79 Å². The Morgan fingerprint density at radius 1 is 1.06 bits per heavy atom. The van der Waals surface area contributed by atoms with Crippen LogP contribution in [0, 0.1) is 0 Å². The molecule has 6 nitrogen and oxygen atoms in total. The number of ether oxygens (including phenoxy) is 1. The molecule has 0 aliphatic heterocycles. The predicted octanol–water partition coefficient (Wildman–Crippen LogP) is 6.18. The van der Waals surface area contributed by atoms with Crippen molar-refractivity contribution < 1.29 is 19.2 Å². The van der Waals surface area contributed by atoms with Gasteiger partial charge in [-0.2, -0.15) is 0 Å². The SMILES string of the molecule is CCCc1cc(-c2noc3ccccc23)ccc1OCCc1cc2cc(CC(=O)O)ccc2[nH]1. The molecule has 0 aliphatic rings. The summed E-state index contributed by atoms with van der Waals surface area (Å²) in [5.41, 5.74) is 6.66. The largest absolute Gasteiger partial charge is 0.493 e. The molecule has 0 amide bonds. The maximum Gasteiger partial charge on any atom is 0.307 e. The smallest absolute Gasteiger partial charge is 0.307 e. The average Bonchev–Trinajstić information content (AvgIpc) is 3.43. The summed E-state index contributed by atoms with van der Waals surface area (Å²) in [4.78, 5) is 14.4. The van der Waals surface area contributed by atoms with E-state index in [1.54, 1.807) is 0 Å². The lowest BCUT2D eigenvalue weighted by Crippen LogP contribution is -2.04. The van der Waals surface area contributed by atoms with E-state index >= 15 is 0 Å². The van der Waals surface area contributed by atoms with Crippen LogP contribution in [0.15, 0.2) is 71.3 Å². The molecule has 0 saturated carbocycles. The van der Waals surface area contributed by atoms with Crippen LogP contribution in [0.5, 0.6) is 5.75 Å². The van der Waals surface area contributed by atoms with E-state index in [0.717, 1.165) is 75.0 Å². The topological polar surface area (TPSA) is 88.3 Å². The van der Waals surface area contributed by atoms with Crippen LogP contribution in [0.3, 0.4) is 0 Å². The minimum Gasteiger partial charge on any atom is -0.493 e. The van der Waals surface area contributed by atoms with Gasteiger partial charge < -0.3 is 19.4 Å². The summed E-state index contributed by atoms with van der Waals surface area (Å²) in [5, 5.41) is 15.3. The van der Waals surface area contributed by atoms with Crippen molar-refractivity contribution in [3.8, 4) is 17.0 Å². The molecule has 34 heavy (non-hydrogen) atoms. The first-order valence-electron chi connectivity index (χ1n) is 11.5. The normalized spacial score (nSPS) is 11.3. The molecule has 0 spiro atoms. The molecule has 0 saturated heterocycles. The number of carboxylic acid groups (broad SMARTS) is 1. The van der Waals surface area contributed by atoms with Crippen molar-refractivity contribution in [1.29, 1.82) is 0 Å². The molecular formula is C28H26N2O4. The van der Waals surface area contributed by atoms with Crippen molar-refractivity contribution in [3.63, 3.8) is 0 Å². The third-order valence-corrected chi connectivity index (χ3v) is 5.96. The molecule has 2 heterocycles. The Kier molecular flexibility index (Phi) is 6.04. The second kappa shape index (κ2) is 9.43. The molecule has 0 aliphatic carbocycles. The summed E-state index contributed by atoms with van der Waals surface area (Å²) < 4.78 is 11.7. The molecule has 0 unspecified atom stereocenters. The average molecular weight is 455 g/mol. The number of nitrogens with one attached hydrogen (secondary N) is 1. The van der Waals surface area contributed by atoms with Crippen molar-refractivity contribution in [1.82, 2.24) is 10.1 Å². The summed E-state index contributed by atoms with van der Waals surface area (Å²) in [6.45, 7) is 2.70. The van der Waals surface area contributed by atoms with E-state index in [-0.39, 0.29) is 6.42 Å². The van der Waals surface area contributed by atoms with Gasteiger partial charge in [-0.15, -0.1) is 0 Å². The third-order valence-electron chi connectivity index (χ3n) is 5.96. The van der Waals surface area contributed by atoms with Crippen molar-refractivity contribution >= 4 is 27.8 Å². The first-order valence-corrected chi connectivity index (χ1v) is 11.5. The number of aromatic nitrogens is 2. The summed E-state index contributed by atoms with van der Waals surface area (Å²) >= 11 is 0. The van der Waals surface area contributed by atoms with Gasteiger partial charge in [0.2, 0.25) is 0 Å². The van der Waals surface area contributed by atoms with Crippen molar-refractivity contribution in [2.75, 3.05) is 6.61 Å². The lowest BCUT2D eigenvalue weighted by molar-refractivity contribution is -0.136. The highest BCUT2D eigenvalue weighted by Crippen LogP contribution is 2.32. The predicted molar refractivity (Wildman–Crippen MR) is 132 cm³/mol. The Morgan fingerprint density at radius 3 is 2.79 bits per heavy atom. The summed E-state index contributed by atoms with van der Waals surface area (Å²) in [7, 11) is 0. The summed E-state index contributed by atoms with van der Waals surface area (Å²) in [6.07, 6.45) is 2.68. The van der Waals surface area contributed by atoms with Gasteiger partial charge in [-0.1, -0.05) is 36.7 Å². The molecule has 2 aromatic heterocycles. The minimum absolute atomic E-state index is 0.0277. The fourth-order valence-corrected chi connectivity index (χ4v) is 4.36. The molecule has 3 aromatic carbocycles. The van der Waals surface area contributed by atoms with Gasteiger partial charge in [0.25, 0.3) is 0 Å². The number of nitrogens with zero attached hydrogens (tertiary/aromatic N) is 1. The molecule has 2 N–H and O–H groups in total. The maximum absolute atomic E-state index is 11.0. The molecule has 5 aromatic rings. The quantitative estimate of drug-likeness (QED) is 0.278. The highest BCUT2D eigenvalue weighted by molar-refractivity contribution is 5.91. The van der Waals surface area contributed by atoms with Gasteiger partial charge in [0, 0.05) is 28.6 Å². The van der Waals surface area contributed by atoms with E-state index in [2.05, 4.69) is 29.2 Å². The molecule has 6 heteroatoms. The zero-order chi connectivity index (χ0) is 23.5. The standard InChI is InChI=1S/C28H26N2O4/c1-2-5-19-16-20(28-23-6-3-4-7-26(23)34-30-28)9-11-25(19)33-13-12-22-17-21-14-18(15-27(31)32)8-10-24(21)29-22/h3-4,6-11,14,16-17,29H,2,5,12-13,15H2,1H3,(H,31,32). The number of H-pyrrole nitrogens is 1. The van der Waals surface area contributed by atoms with Gasteiger partial charge in [0.1, 0.15) is 11.4 Å². The molecular weight excluding hydrogens is 428 g/mol. The number of benzene rings is 3. The number of aromatic amines is 1. The van der Waals surface area contributed by atoms with Crippen LogP contribution in [0.4, 0.5) is 0 Å². The molecule has 0 atom stereocenters. The lowest BCUT2D eigenvalue weighted by Gasteiger charge is -2.12. The first-order chi connectivity index (χ1) is 16.6. The number of hydrogen-bond acceptors (Lipinski definition) is 4. The number of rotatable bonds is 9. The van der Waals surface area contributed by atoms with Crippen molar-refractivity contribution in [2.24, 2.45) is 0 Å². The van der Waals surface area contributed by atoms with E-state index in [0.29, 0.717) is 6.61 Å². The van der Waals surface area contributed by atoms with E-state index in [1.807, 2.05) is 54.6 Å². The van der Waals surface area contributed by atoms with E-state index in [4.69, 9.17) is 14.4 Å². The number of carboxylic acids is 1. The fraction of sp³-hybridized carbons (Fsp3) is 0.214. The number of carbonyl (C=O) groups is 1. The monoisotopic (exact) mass is 454 g/mol. The number of fused-ring (bicyclic) bond motifs is 2. The van der Waals surface area contributed by atoms with Gasteiger partial charge in [0.05, 0.1) is 13.0 Å². The van der Waals surface area contributed by atoms with Crippen LogP contribution in [0.1, 0.15) is 30.2 Å². The van der Waals surface area contributed by atoms with E-state index in [1.165, 1.54) is 0 Å². The second-order valence-electron chi connectivity index (χ2n) is 8.48. The molecule has 172 valence electrons. The van der Waals surface area contributed by atoms with E-state index < -0.39 is 5.97 Å². The molecule has 0 radical (unpaired) electrons. The Bertz CT molecular complexity index is 1460. The Balaban J connectivity index is 1.31. The lowest BCUT2D eigenvalue weighted by atomic mass is 10.0. The second-order valence-corrected chi connectivity index (χ2v) is 8.48. The molecule has 0 bridgehead atoms. The fourth-order valence-electron chi connectivity index (χ4n) is 4.36. The van der Waals surface area contributed by atoms with Crippen LogP contribution < -0.4 is 4.74 Å². The van der Waals surface area contributed by atoms with Crippen LogP contribution in [0.25, 0.3) is 33.1 Å². The maximum atomic E-state index is 11.0. The summed E-state index contributed by atoms with van der Waals surface area (Å²) in [5.74, 6) is 0.0624. The van der Waals surface area contributed by atoms with Crippen LogP contribution in [0.2, 0.25) is 0 Å². The van der Waals surface area contributed by atoms with Crippen molar-refractivity contribution in [3.05, 3.63) is 83.6 Å². The van der Waals surface area contributed by atoms with Crippen molar-refractivity contribution in [2.45, 2.75) is 32.6 Å². The van der Waals surface area contributed by atoms with Crippen LogP contribution in [-0.4, -0.2) is 27.8 Å². The first kappa shape index (κ1) is 21.8. The Labute approximate surface area is 197 Å². The van der Waals surface area contributed by atoms with Gasteiger partial charge >= 0.3 is 5.97 Å². The summed E-state index contributed by atoms with van der Waals surface area (Å²) in [6, 6.07) is 21.9. The Morgan fingerprint density at radius 2 is 1.94 bits per heavy atom. The van der Waals surface area contributed by atoms with Crippen LogP contribution >= 0.6 is 0 Å². The van der Waals surface area contributed by atoms with E-state index in [9.17, 15) is 4.79 Å².